The van der Waals surface area contributed by atoms with Crippen LogP contribution < -0.4 is 10.6 Å². The molecule has 0 radical (unpaired) electrons. The van der Waals surface area contributed by atoms with E-state index in [1.807, 2.05) is 0 Å². The molecule has 0 aromatic carbocycles. The minimum Gasteiger partial charge on any atom is -0.356 e. The van der Waals surface area contributed by atoms with Gasteiger partial charge in [0.05, 0.1) is 0 Å². The van der Waals surface area contributed by atoms with E-state index in [9.17, 15) is 4.79 Å². The summed E-state index contributed by atoms with van der Waals surface area (Å²) in [6.45, 7) is 5.41. The van der Waals surface area contributed by atoms with Crippen molar-refractivity contribution in [3.8, 4) is 0 Å². The zero-order chi connectivity index (χ0) is 12.5. The van der Waals surface area contributed by atoms with Crippen LogP contribution in [-0.4, -0.2) is 25.5 Å². The van der Waals surface area contributed by atoms with Crippen LogP contribution >= 0.6 is 0 Å². The van der Waals surface area contributed by atoms with Crippen LogP contribution in [0, 0.1) is 29.6 Å². The van der Waals surface area contributed by atoms with Gasteiger partial charge in [0.25, 0.3) is 0 Å². The van der Waals surface area contributed by atoms with Gasteiger partial charge in [-0.15, -0.1) is 0 Å². The number of hydrogen-bond donors (Lipinski definition) is 2. The highest BCUT2D eigenvalue weighted by molar-refractivity contribution is 5.79. The van der Waals surface area contributed by atoms with Crippen LogP contribution in [0.1, 0.15) is 39.0 Å². The molecule has 3 heteroatoms. The van der Waals surface area contributed by atoms with E-state index in [4.69, 9.17) is 0 Å². The summed E-state index contributed by atoms with van der Waals surface area (Å²) in [6.07, 6.45) is 6.37. The van der Waals surface area contributed by atoms with Crippen molar-refractivity contribution in [2.75, 3.05) is 19.6 Å². The predicted octanol–water partition coefficient (Wildman–Crippen LogP) is 1.78. The average Bonchev–Trinajstić information content (AvgIpc) is 2.99. The fraction of sp³-hybridized carbons (Fsp3) is 0.933. The normalized spacial score (nSPS) is 43.1. The number of carbonyl (C=O) groups is 1. The molecule has 5 atom stereocenters. The molecule has 0 aromatic rings. The van der Waals surface area contributed by atoms with Crippen LogP contribution in [0.5, 0.6) is 0 Å². The van der Waals surface area contributed by atoms with Crippen molar-refractivity contribution in [1.82, 2.24) is 10.6 Å². The van der Waals surface area contributed by atoms with Gasteiger partial charge in [-0.1, -0.05) is 13.3 Å². The summed E-state index contributed by atoms with van der Waals surface area (Å²) in [5, 5.41) is 6.66. The molecule has 5 unspecified atom stereocenters. The van der Waals surface area contributed by atoms with Gasteiger partial charge >= 0.3 is 0 Å². The summed E-state index contributed by atoms with van der Waals surface area (Å²) in [5.41, 5.74) is 0. The fourth-order valence-corrected chi connectivity index (χ4v) is 4.30. The highest BCUT2D eigenvalue weighted by Gasteiger charge is 2.43. The average molecular weight is 250 g/mol. The number of hydrogen-bond acceptors (Lipinski definition) is 2. The zero-order valence-electron chi connectivity index (χ0n) is 11.5. The SMILES string of the molecule is CC1CNCCC1CNC(=O)C1CC2CCC1C2. The Morgan fingerprint density at radius 2 is 2.17 bits per heavy atom. The third-order valence-electron chi connectivity index (χ3n) is 5.58. The molecule has 1 saturated heterocycles. The fourth-order valence-electron chi connectivity index (χ4n) is 4.30. The summed E-state index contributed by atoms with van der Waals surface area (Å²) in [6, 6.07) is 0. The zero-order valence-corrected chi connectivity index (χ0v) is 11.5. The Hall–Kier alpha value is -0.570. The maximum Gasteiger partial charge on any atom is 0.223 e. The van der Waals surface area contributed by atoms with Crippen molar-refractivity contribution in [3.05, 3.63) is 0 Å². The first-order valence-corrected chi connectivity index (χ1v) is 7.72. The molecule has 3 aliphatic rings. The molecule has 0 aromatic heterocycles. The maximum atomic E-state index is 12.3. The van der Waals surface area contributed by atoms with Crippen molar-refractivity contribution in [3.63, 3.8) is 0 Å². The largest absolute Gasteiger partial charge is 0.356 e. The van der Waals surface area contributed by atoms with Crippen LogP contribution in [0.25, 0.3) is 0 Å². The molecule has 1 amide bonds. The molecule has 2 aliphatic carbocycles. The number of fused-ring (bicyclic) bond motifs is 2. The van der Waals surface area contributed by atoms with E-state index < -0.39 is 0 Å². The van der Waals surface area contributed by atoms with E-state index in [1.54, 1.807) is 0 Å². The van der Waals surface area contributed by atoms with Gasteiger partial charge in [-0.2, -0.15) is 0 Å². The lowest BCUT2D eigenvalue weighted by Crippen LogP contribution is -2.43. The topological polar surface area (TPSA) is 41.1 Å². The van der Waals surface area contributed by atoms with Crippen molar-refractivity contribution in [1.29, 1.82) is 0 Å². The molecular weight excluding hydrogens is 224 g/mol. The molecule has 1 heterocycles. The number of piperidine rings is 1. The first-order valence-electron chi connectivity index (χ1n) is 7.72. The minimum atomic E-state index is 0.348. The standard InChI is InChI=1S/C15H26N2O/c1-10-8-16-5-4-13(10)9-17-15(18)14-7-11-2-3-12(14)6-11/h10-14,16H,2-9H2,1H3,(H,17,18). The van der Waals surface area contributed by atoms with E-state index in [2.05, 4.69) is 17.6 Å². The summed E-state index contributed by atoms with van der Waals surface area (Å²) >= 11 is 0. The summed E-state index contributed by atoms with van der Waals surface area (Å²) in [4.78, 5) is 12.3. The van der Waals surface area contributed by atoms with Gasteiger partial charge in [0.15, 0.2) is 0 Å². The van der Waals surface area contributed by atoms with Gasteiger partial charge in [-0.25, -0.2) is 0 Å². The van der Waals surface area contributed by atoms with Gasteiger partial charge in [-0.05, 0) is 62.4 Å². The lowest BCUT2D eigenvalue weighted by atomic mass is 9.86. The van der Waals surface area contributed by atoms with Crippen molar-refractivity contribution < 1.29 is 4.79 Å². The van der Waals surface area contributed by atoms with E-state index >= 15 is 0 Å². The third-order valence-corrected chi connectivity index (χ3v) is 5.58. The van der Waals surface area contributed by atoms with Crippen LogP contribution in [0.3, 0.4) is 0 Å². The van der Waals surface area contributed by atoms with E-state index in [1.165, 1.54) is 25.7 Å². The van der Waals surface area contributed by atoms with Crippen molar-refractivity contribution in [2.24, 2.45) is 29.6 Å². The summed E-state index contributed by atoms with van der Waals surface area (Å²) < 4.78 is 0. The van der Waals surface area contributed by atoms with Crippen LogP contribution in [0.2, 0.25) is 0 Å². The van der Waals surface area contributed by atoms with Crippen LogP contribution in [0.4, 0.5) is 0 Å². The Morgan fingerprint density at radius 3 is 2.83 bits per heavy atom. The lowest BCUT2D eigenvalue weighted by molar-refractivity contribution is -0.126. The van der Waals surface area contributed by atoms with Gasteiger partial charge in [0.1, 0.15) is 0 Å². The molecule has 3 nitrogen and oxygen atoms in total. The Bertz CT molecular complexity index is 318. The molecule has 2 N–H and O–H groups in total. The number of amides is 1. The highest BCUT2D eigenvalue weighted by Crippen LogP contribution is 2.48. The van der Waals surface area contributed by atoms with Gasteiger partial charge in [0, 0.05) is 12.5 Å². The second-order valence-electron chi connectivity index (χ2n) is 6.76. The maximum absolute atomic E-state index is 12.3. The van der Waals surface area contributed by atoms with Crippen molar-refractivity contribution >= 4 is 5.91 Å². The predicted molar refractivity (Wildman–Crippen MR) is 72.1 cm³/mol. The van der Waals surface area contributed by atoms with Gasteiger partial charge in [-0.3, -0.25) is 4.79 Å². The summed E-state index contributed by atoms with van der Waals surface area (Å²) in [5.74, 6) is 3.64. The van der Waals surface area contributed by atoms with Gasteiger partial charge in [0.2, 0.25) is 5.91 Å². The number of carbonyl (C=O) groups excluding carboxylic acids is 1. The van der Waals surface area contributed by atoms with Crippen LogP contribution in [0.15, 0.2) is 0 Å². The van der Waals surface area contributed by atoms with E-state index in [-0.39, 0.29) is 0 Å². The molecule has 3 rings (SSSR count). The first kappa shape index (κ1) is 12.5. The molecule has 2 bridgehead atoms. The Labute approximate surface area is 110 Å². The molecule has 102 valence electrons. The Morgan fingerprint density at radius 1 is 1.28 bits per heavy atom. The molecular formula is C15H26N2O. The smallest absolute Gasteiger partial charge is 0.223 e. The second kappa shape index (κ2) is 5.20. The highest BCUT2D eigenvalue weighted by atomic mass is 16.1. The molecule has 3 fully saturated rings. The number of nitrogens with one attached hydrogen (secondary N) is 2. The Balaban J connectivity index is 1.46. The first-order chi connectivity index (χ1) is 8.74. The molecule has 18 heavy (non-hydrogen) atoms. The lowest BCUT2D eigenvalue weighted by Gasteiger charge is -2.30. The third kappa shape index (κ3) is 2.42. The van der Waals surface area contributed by atoms with Gasteiger partial charge < -0.3 is 10.6 Å². The molecule has 0 spiro atoms. The van der Waals surface area contributed by atoms with E-state index in [0.29, 0.717) is 29.6 Å². The number of rotatable bonds is 3. The quantitative estimate of drug-likeness (QED) is 0.802. The molecule has 1 aliphatic heterocycles. The minimum absolute atomic E-state index is 0.348. The second-order valence-corrected chi connectivity index (χ2v) is 6.76. The van der Waals surface area contributed by atoms with Crippen LogP contribution in [-0.2, 0) is 4.79 Å². The van der Waals surface area contributed by atoms with E-state index in [0.717, 1.165) is 32.0 Å². The Kier molecular flexibility index (Phi) is 3.60. The monoisotopic (exact) mass is 250 g/mol. The summed E-state index contributed by atoms with van der Waals surface area (Å²) in [7, 11) is 0. The molecule has 2 saturated carbocycles. The van der Waals surface area contributed by atoms with Crippen molar-refractivity contribution in [2.45, 2.75) is 39.0 Å².